The largest absolute Gasteiger partial charge is 0.497 e. The number of nitrogens with one attached hydrogen (secondary N) is 2. The lowest BCUT2D eigenvalue weighted by molar-refractivity contribution is 0.394. The van der Waals surface area contributed by atoms with Gasteiger partial charge in [0.1, 0.15) is 17.2 Å². The lowest BCUT2D eigenvalue weighted by Gasteiger charge is -2.28. The molecular formula is C23H29N5O2. The highest BCUT2D eigenvalue weighted by Gasteiger charge is 2.27. The Bertz CT molecular complexity index is 919. The third-order valence-corrected chi connectivity index (χ3v) is 5.21. The number of anilines is 1. The van der Waals surface area contributed by atoms with Crippen molar-refractivity contribution < 1.29 is 9.47 Å². The van der Waals surface area contributed by atoms with Crippen LogP contribution in [0, 0.1) is 16.7 Å². The van der Waals surface area contributed by atoms with Gasteiger partial charge in [0.05, 0.1) is 31.7 Å². The summed E-state index contributed by atoms with van der Waals surface area (Å²) in [6.07, 6.45) is 9.09. The van der Waals surface area contributed by atoms with Crippen LogP contribution in [0.15, 0.2) is 51.7 Å². The fourth-order valence-corrected chi connectivity index (χ4v) is 3.21. The molecule has 3 rings (SSSR count). The van der Waals surface area contributed by atoms with Crippen molar-refractivity contribution in [2.45, 2.75) is 32.7 Å². The van der Waals surface area contributed by atoms with Gasteiger partial charge in [-0.25, -0.2) is 4.99 Å². The Morgan fingerprint density at radius 1 is 1.20 bits per heavy atom. The van der Waals surface area contributed by atoms with Gasteiger partial charge in [0.2, 0.25) is 0 Å². The Morgan fingerprint density at radius 2 is 1.87 bits per heavy atom. The van der Waals surface area contributed by atoms with Gasteiger partial charge < -0.3 is 19.8 Å². The zero-order chi connectivity index (χ0) is 21.7. The van der Waals surface area contributed by atoms with Gasteiger partial charge in [0.25, 0.3) is 0 Å². The molecule has 1 heterocycles. The van der Waals surface area contributed by atoms with Gasteiger partial charge in [-0.05, 0) is 38.7 Å². The first-order valence-corrected chi connectivity index (χ1v) is 10.1. The second-order valence-electron chi connectivity index (χ2n) is 7.42. The summed E-state index contributed by atoms with van der Waals surface area (Å²) in [4.78, 5) is 11.3. The van der Waals surface area contributed by atoms with Crippen molar-refractivity contribution in [3.05, 3.63) is 41.7 Å². The minimum Gasteiger partial charge on any atom is -0.497 e. The average molecular weight is 408 g/mol. The summed E-state index contributed by atoms with van der Waals surface area (Å²) >= 11 is 0. The molecule has 0 spiro atoms. The minimum atomic E-state index is -0.121. The molecule has 1 aromatic rings. The minimum absolute atomic E-state index is 0.0472. The first kappa shape index (κ1) is 21.5. The maximum Gasteiger partial charge on any atom is 0.124 e. The lowest BCUT2D eigenvalue weighted by atomic mass is 10.1. The van der Waals surface area contributed by atoms with Gasteiger partial charge in [-0.15, -0.1) is 0 Å². The molecule has 1 atom stereocenters. The topological polar surface area (TPSA) is 94.1 Å². The maximum atomic E-state index is 7.88. The molecule has 30 heavy (non-hydrogen) atoms. The van der Waals surface area contributed by atoms with Crippen molar-refractivity contribution in [2.24, 2.45) is 15.9 Å². The Balaban J connectivity index is 2.01. The average Bonchev–Trinajstić information content (AvgIpc) is 3.60. The Kier molecular flexibility index (Phi) is 6.82. The Morgan fingerprint density at radius 3 is 2.40 bits per heavy atom. The van der Waals surface area contributed by atoms with E-state index in [0.29, 0.717) is 11.6 Å². The number of aliphatic imine (C=N–C) groups is 2. The second kappa shape index (κ2) is 9.52. The number of rotatable bonds is 9. The van der Waals surface area contributed by atoms with Gasteiger partial charge in [0.15, 0.2) is 0 Å². The number of allylic oxidation sites excluding steroid dienone is 2. The predicted molar refractivity (Wildman–Crippen MR) is 123 cm³/mol. The molecular weight excluding hydrogens is 378 g/mol. The fraction of sp³-hybridized carbons (Fsp3) is 0.391. The molecule has 0 radical (unpaired) electrons. The standard InChI is InChI=1S/C23H29N5O2/c1-5-17(10-22-15(2)26-13-23(27-22)21(25)12-24)28(14-16-6-7-16)18-8-19(29-3)11-20(9-18)30-4/h5,8-13,15-16,24-25H,6-7,14H2,1-4H3/b17-5?,22-10+,24-12?,25-21?. The van der Waals surface area contributed by atoms with Crippen molar-refractivity contribution in [3.8, 4) is 11.5 Å². The van der Waals surface area contributed by atoms with Crippen LogP contribution in [0.4, 0.5) is 5.69 Å². The van der Waals surface area contributed by atoms with E-state index in [0.717, 1.165) is 41.3 Å². The van der Waals surface area contributed by atoms with Crippen molar-refractivity contribution >= 4 is 29.5 Å². The highest BCUT2D eigenvalue weighted by atomic mass is 16.5. The van der Waals surface area contributed by atoms with E-state index in [2.05, 4.69) is 21.0 Å². The zero-order valence-electron chi connectivity index (χ0n) is 18.0. The van der Waals surface area contributed by atoms with Crippen LogP contribution in [0.5, 0.6) is 11.5 Å². The van der Waals surface area contributed by atoms with Crippen molar-refractivity contribution in [1.29, 1.82) is 10.8 Å². The van der Waals surface area contributed by atoms with E-state index in [1.54, 1.807) is 20.4 Å². The molecule has 1 aromatic carbocycles. The molecule has 1 aliphatic carbocycles. The number of benzene rings is 1. The highest BCUT2D eigenvalue weighted by molar-refractivity contribution is 6.74. The van der Waals surface area contributed by atoms with Crippen molar-refractivity contribution in [3.63, 3.8) is 0 Å². The van der Waals surface area contributed by atoms with E-state index in [1.807, 2.05) is 38.1 Å². The molecule has 0 bridgehead atoms. The van der Waals surface area contributed by atoms with Crippen molar-refractivity contribution in [2.75, 3.05) is 25.7 Å². The quantitative estimate of drug-likeness (QED) is 0.598. The first-order chi connectivity index (χ1) is 14.5. The highest BCUT2D eigenvalue weighted by Crippen LogP contribution is 2.36. The van der Waals surface area contributed by atoms with E-state index < -0.39 is 0 Å². The lowest BCUT2D eigenvalue weighted by Crippen LogP contribution is -2.26. The number of nitrogens with zero attached hydrogens (tertiary/aromatic N) is 3. The molecule has 1 unspecified atom stereocenters. The SMILES string of the molecule is CC=C(/C=C1/N=C(C(=N)C=N)C=NC1C)N(CC1CC1)c1cc(OC)cc(OC)c1. The smallest absolute Gasteiger partial charge is 0.124 e. The fourth-order valence-electron chi connectivity index (χ4n) is 3.21. The monoisotopic (exact) mass is 407 g/mol. The third-order valence-electron chi connectivity index (χ3n) is 5.21. The van der Waals surface area contributed by atoms with Gasteiger partial charge in [-0.3, -0.25) is 10.4 Å². The van der Waals surface area contributed by atoms with Crippen LogP contribution in [-0.2, 0) is 0 Å². The van der Waals surface area contributed by atoms with Gasteiger partial charge >= 0.3 is 0 Å². The number of ether oxygens (including phenoxy) is 2. The molecule has 158 valence electrons. The van der Waals surface area contributed by atoms with E-state index in [9.17, 15) is 0 Å². The van der Waals surface area contributed by atoms with Crippen LogP contribution < -0.4 is 14.4 Å². The molecule has 1 fully saturated rings. The van der Waals surface area contributed by atoms with Crippen LogP contribution in [0.25, 0.3) is 0 Å². The zero-order valence-corrected chi connectivity index (χ0v) is 18.0. The van der Waals surface area contributed by atoms with E-state index >= 15 is 0 Å². The van der Waals surface area contributed by atoms with Crippen molar-refractivity contribution in [1.82, 2.24) is 0 Å². The molecule has 2 aliphatic rings. The van der Waals surface area contributed by atoms with Crippen LogP contribution in [0.1, 0.15) is 26.7 Å². The predicted octanol–water partition coefficient (Wildman–Crippen LogP) is 4.29. The summed E-state index contributed by atoms with van der Waals surface area (Å²) in [6, 6.07) is 5.76. The van der Waals surface area contributed by atoms with E-state index in [4.69, 9.17) is 20.3 Å². The normalized spacial score (nSPS) is 20.0. The van der Waals surface area contributed by atoms with Gasteiger partial charge in [-0.1, -0.05) is 6.08 Å². The Hall–Kier alpha value is -3.22. The summed E-state index contributed by atoms with van der Waals surface area (Å²) in [5, 5.41) is 15.2. The van der Waals surface area contributed by atoms with Crippen LogP contribution in [0.2, 0.25) is 0 Å². The van der Waals surface area contributed by atoms with Crippen LogP contribution >= 0.6 is 0 Å². The summed E-state index contributed by atoms with van der Waals surface area (Å²) in [5.41, 5.74) is 3.21. The first-order valence-electron chi connectivity index (χ1n) is 10.1. The number of hydrogen-bond donors (Lipinski definition) is 2. The molecule has 0 amide bonds. The number of methoxy groups -OCH3 is 2. The van der Waals surface area contributed by atoms with Gasteiger partial charge in [-0.2, -0.15) is 0 Å². The summed E-state index contributed by atoms with van der Waals surface area (Å²) < 4.78 is 10.9. The molecule has 1 saturated carbocycles. The van der Waals surface area contributed by atoms with Crippen LogP contribution in [-0.4, -0.2) is 50.7 Å². The molecule has 2 N–H and O–H groups in total. The number of hydrogen-bond acceptors (Lipinski definition) is 7. The maximum absolute atomic E-state index is 7.88. The second-order valence-corrected chi connectivity index (χ2v) is 7.42. The van der Waals surface area contributed by atoms with Gasteiger partial charge in [0, 0.05) is 48.6 Å². The summed E-state index contributed by atoms with van der Waals surface area (Å²) in [6.45, 7) is 4.87. The molecule has 7 heteroatoms. The Labute approximate surface area is 177 Å². The molecule has 7 nitrogen and oxygen atoms in total. The molecule has 0 saturated heterocycles. The summed E-state index contributed by atoms with van der Waals surface area (Å²) in [5.74, 6) is 2.13. The molecule has 0 aromatic heterocycles. The van der Waals surface area contributed by atoms with E-state index in [-0.39, 0.29) is 11.8 Å². The van der Waals surface area contributed by atoms with Crippen LogP contribution in [0.3, 0.4) is 0 Å². The summed E-state index contributed by atoms with van der Waals surface area (Å²) in [7, 11) is 3.30. The van der Waals surface area contributed by atoms with E-state index in [1.165, 1.54) is 12.8 Å². The molecule has 1 aliphatic heterocycles. The third kappa shape index (κ3) is 5.03.